The number of aryl methyl sites for hydroxylation is 1. The second-order valence-corrected chi connectivity index (χ2v) is 9.17. The number of hydrogen-bond acceptors (Lipinski definition) is 7. The van der Waals surface area contributed by atoms with Crippen LogP contribution in [0.5, 0.6) is 5.75 Å². The Morgan fingerprint density at radius 3 is 2.58 bits per heavy atom. The van der Waals surface area contributed by atoms with Gasteiger partial charge >= 0.3 is 0 Å². The third-order valence-corrected chi connectivity index (χ3v) is 6.24. The molecule has 3 aromatic rings. The van der Waals surface area contributed by atoms with Gasteiger partial charge in [0.05, 0.1) is 11.7 Å². The first kappa shape index (κ1) is 22.4. The molecule has 33 heavy (non-hydrogen) atoms. The average Bonchev–Trinajstić information content (AvgIpc) is 2.77. The molecular weight excluding hydrogens is 427 g/mol. The Labute approximate surface area is 189 Å². The molecule has 9 heteroatoms. The molecule has 2 aromatic carbocycles. The van der Waals surface area contributed by atoms with Crippen molar-refractivity contribution in [3.8, 4) is 5.75 Å². The monoisotopic (exact) mass is 452 g/mol. The van der Waals surface area contributed by atoms with Gasteiger partial charge in [-0.3, -0.25) is 14.4 Å². The number of aromatic hydroxyl groups is 1. The van der Waals surface area contributed by atoms with Crippen molar-refractivity contribution in [2.75, 3.05) is 24.7 Å². The topological polar surface area (TPSA) is 112 Å². The number of rotatable bonds is 5. The molecule has 1 unspecified atom stereocenters. The van der Waals surface area contributed by atoms with Crippen LogP contribution in [-0.4, -0.2) is 35.0 Å². The second-order valence-electron chi connectivity index (χ2n) is 9.17. The van der Waals surface area contributed by atoms with Crippen LogP contribution in [0.25, 0.3) is 0 Å². The van der Waals surface area contributed by atoms with Crippen LogP contribution in [0.2, 0.25) is 0 Å². The van der Waals surface area contributed by atoms with Crippen LogP contribution in [0.4, 0.5) is 21.5 Å². The molecule has 1 aliphatic carbocycles. The number of pyridine rings is 1. The van der Waals surface area contributed by atoms with Crippen molar-refractivity contribution < 1.29 is 14.3 Å². The molecule has 4 rings (SSSR count). The molecule has 0 aliphatic heterocycles. The SMILES string of the molecule is CN(C)C(=O)c1nccc(Nc2c(NC3c4c(F)cccc4CCC3(C)C)c(=O)c2=O)c1O. The smallest absolute Gasteiger partial charge is 0.275 e. The lowest BCUT2D eigenvalue weighted by atomic mass is 9.70. The van der Waals surface area contributed by atoms with E-state index in [1.165, 1.54) is 37.3 Å². The van der Waals surface area contributed by atoms with Gasteiger partial charge in [-0.15, -0.1) is 0 Å². The lowest BCUT2D eigenvalue weighted by Crippen LogP contribution is -2.41. The lowest BCUT2D eigenvalue weighted by Gasteiger charge is -2.41. The molecule has 1 aliphatic rings. The average molecular weight is 452 g/mol. The van der Waals surface area contributed by atoms with Crippen molar-refractivity contribution in [2.45, 2.75) is 32.7 Å². The van der Waals surface area contributed by atoms with Crippen molar-refractivity contribution in [2.24, 2.45) is 5.41 Å². The van der Waals surface area contributed by atoms with Gasteiger partial charge in [0.25, 0.3) is 16.8 Å². The molecule has 0 radical (unpaired) electrons. The molecule has 1 amide bonds. The van der Waals surface area contributed by atoms with Crippen LogP contribution < -0.4 is 21.5 Å². The number of amides is 1. The first-order chi connectivity index (χ1) is 15.5. The molecule has 0 spiro atoms. The lowest BCUT2D eigenvalue weighted by molar-refractivity contribution is 0.0819. The number of aromatic nitrogens is 1. The van der Waals surface area contributed by atoms with Gasteiger partial charge in [0, 0.05) is 25.9 Å². The number of anilines is 3. The van der Waals surface area contributed by atoms with E-state index in [-0.39, 0.29) is 28.6 Å². The Hall–Kier alpha value is -3.75. The number of fused-ring (bicyclic) bond motifs is 1. The minimum atomic E-state index is -0.767. The number of carbonyl (C=O) groups is 1. The third kappa shape index (κ3) is 3.73. The predicted molar refractivity (Wildman–Crippen MR) is 123 cm³/mol. The van der Waals surface area contributed by atoms with Crippen LogP contribution in [0.3, 0.4) is 0 Å². The standard InChI is InChI=1S/C24H25FN4O4/c1-24(2)10-8-12-6-5-7-13(25)15(12)22(24)28-17-16(20(31)21(17)32)27-14-9-11-26-18(19(14)30)23(33)29(3)4/h5-7,9,11,22,28,30H,8,10H2,1-4H3,(H,26,27). The predicted octanol–water partition coefficient (Wildman–Crippen LogP) is 3.09. The van der Waals surface area contributed by atoms with E-state index in [1.54, 1.807) is 6.07 Å². The van der Waals surface area contributed by atoms with Crippen molar-refractivity contribution >= 4 is 23.0 Å². The summed E-state index contributed by atoms with van der Waals surface area (Å²) in [6.07, 6.45) is 2.79. The summed E-state index contributed by atoms with van der Waals surface area (Å²) in [5.74, 6) is -1.33. The Morgan fingerprint density at radius 2 is 1.88 bits per heavy atom. The Balaban J connectivity index is 1.71. The molecular formula is C24H25FN4O4. The number of halogens is 1. The van der Waals surface area contributed by atoms with E-state index < -0.39 is 34.0 Å². The molecule has 0 saturated carbocycles. The molecule has 1 heterocycles. The summed E-state index contributed by atoms with van der Waals surface area (Å²) >= 11 is 0. The molecule has 0 fully saturated rings. The maximum atomic E-state index is 14.8. The first-order valence-electron chi connectivity index (χ1n) is 10.6. The molecule has 1 aromatic heterocycles. The Kier molecular flexibility index (Phi) is 5.43. The van der Waals surface area contributed by atoms with Crippen LogP contribution in [-0.2, 0) is 6.42 Å². The second kappa shape index (κ2) is 7.99. The fourth-order valence-corrected chi connectivity index (χ4v) is 4.23. The van der Waals surface area contributed by atoms with Crippen molar-refractivity contribution in [3.63, 3.8) is 0 Å². The van der Waals surface area contributed by atoms with Crippen LogP contribution in [0, 0.1) is 11.2 Å². The maximum Gasteiger partial charge on any atom is 0.275 e. The highest BCUT2D eigenvalue weighted by Crippen LogP contribution is 2.46. The Bertz CT molecular complexity index is 1320. The van der Waals surface area contributed by atoms with E-state index in [0.29, 0.717) is 12.0 Å². The van der Waals surface area contributed by atoms with E-state index in [1.807, 2.05) is 19.9 Å². The van der Waals surface area contributed by atoms with Crippen molar-refractivity contribution in [3.05, 3.63) is 73.5 Å². The van der Waals surface area contributed by atoms with Gasteiger partial charge in [0.2, 0.25) is 0 Å². The fraction of sp³-hybridized carbons (Fsp3) is 0.333. The van der Waals surface area contributed by atoms with Gasteiger partial charge < -0.3 is 20.6 Å². The van der Waals surface area contributed by atoms with Crippen LogP contribution in [0.15, 0.2) is 40.1 Å². The summed E-state index contributed by atoms with van der Waals surface area (Å²) in [7, 11) is 3.04. The molecule has 172 valence electrons. The first-order valence-corrected chi connectivity index (χ1v) is 10.6. The summed E-state index contributed by atoms with van der Waals surface area (Å²) in [4.78, 5) is 42.2. The minimum absolute atomic E-state index is 0.0193. The summed E-state index contributed by atoms with van der Waals surface area (Å²) in [5.41, 5.74) is -0.711. The molecule has 3 N–H and O–H groups in total. The van der Waals surface area contributed by atoms with Gasteiger partial charge in [-0.2, -0.15) is 0 Å². The van der Waals surface area contributed by atoms with Gasteiger partial charge in [-0.25, -0.2) is 9.37 Å². The highest BCUT2D eigenvalue weighted by Gasteiger charge is 2.39. The molecule has 8 nitrogen and oxygen atoms in total. The van der Waals surface area contributed by atoms with Gasteiger partial charge in [0.1, 0.15) is 17.2 Å². The van der Waals surface area contributed by atoms with Gasteiger partial charge in [0.15, 0.2) is 11.4 Å². The van der Waals surface area contributed by atoms with Crippen LogP contribution in [0.1, 0.15) is 47.9 Å². The van der Waals surface area contributed by atoms with Crippen molar-refractivity contribution in [1.29, 1.82) is 0 Å². The zero-order chi connectivity index (χ0) is 24.1. The quantitative estimate of drug-likeness (QED) is 0.510. The normalized spacial score (nSPS) is 16.8. The summed E-state index contributed by atoms with van der Waals surface area (Å²) in [6, 6.07) is 5.76. The highest BCUT2D eigenvalue weighted by atomic mass is 19.1. The maximum absolute atomic E-state index is 14.8. The number of hydrogen-bond donors (Lipinski definition) is 3. The van der Waals surface area contributed by atoms with Crippen molar-refractivity contribution in [1.82, 2.24) is 9.88 Å². The summed E-state index contributed by atoms with van der Waals surface area (Å²) < 4.78 is 14.8. The van der Waals surface area contributed by atoms with Gasteiger partial charge in [-0.05, 0) is 36.0 Å². The van der Waals surface area contributed by atoms with Crippen LogP contribution >= 0.6 is 0 Å². The third-order valence-electron chi connectivity index (χ3n) is 6.24. The van der Waals surface area contributed by atoms with Gasteiger partial charge in [-0.1, -0.05) is 26.0 Å². The Morgan fingerprint density at radius 1 is 1.18 bits per heavy atom. The number of nitrogens with zero attached hydrogens (tertiary/aromatic N) is 2. The van der Waals surface area contributed by atoms with E-state index in [2.05, 4.69) is 15.6 Å². The number of benzene rings is 1. The highest BCUT2D eigenvalue weighted by molar-refractivity contribution is 5.97. The zero-order valence-electron chi connectivity index (χ0n) is 18.8. The number of carbonyl (C=O) groups excluding carboxylic acids is 1. The fourth-order valence-electron chi connectivity index (χ4n) is 4.23. The van der Waals surface area contributed by atoms with E-state index in [4.69, 9.17) is 0 Å². The molecule has 0 bridgehead atoms. The van der Waals surface area contributed by atoms with E-state index in [0.717, 1.165) is 12.0 Å². The molecule has 1 atom stereocenters. The zero-order valence-corrected chi connectivity index (χ0v) is 18.8. The number of nitrogens with one attached hydrogen (secondary N) is 2. The largest absolute Gasteiger partial charge is 0.504 e. The van der Waals surface area contributed by atoms with E-state index >= 15 is 0 Å². The van der Waals surface area contributed by atoms with E-state index in [9.17, 15) is 23.9 Å². The molecule has 0 saturated heterocycles. The summed E-state index contributed by atoms with van der Waals surface area (Å²) in [5, 5.41) is 16.4. The summed E-state index contributed by atoms with van der Waals surface area (Å²) in [6.45, 7) is 3.96. The minimum Gasteiger partial charge on any atom is -0.504 e.